The molecule has 0 spiro atoms. The van der Waals surface area contributed by atoms with Crippen LogP contribution < -0.4 is 5.32 Å². The van der Waals surface area contributed by atoms with Crippen molar-refractivity contribution in [3.05, 3.63) is 76.6 Å². The maximum absolute atomic E-state index is 13.9. The van der Waals surface area contributed by atoms with Crippen LogP contribution in [0.4, 0.5) is 23.2 Å². The Morgan fingerprint density at radius 1 is 0.929 bits per heavy atom. The lowest BCUT2D eigenvalue weighted by Crippen LogP contribution is -2.17. The SMILES string of the molecule is O=C(Nc1ccc(F)c(F)c1F)c1nn(-c2ccc(F)cc2)c2c1CCCC2. The molecule has 4 rings (SSSR count). The number of hydrogen-bond acceptors (Lipinski definition) is 2. The van der Waals surface area contributed by atoms with Gasteiger partial charge in [-0.25, -0.2) is 22.2 Å². The minimum Gasteiger partial charge on any atom is -0.318 e. The molecule has 8 heteroatoms. The summed E-state index contributed by atoms with van der Waals surface area (Å²) in [4.78, 5) is 12.7. The van der Waals surface area contributed by atoms with Gasteiger partial charge in [0.1, 0.15) is 5.82 Å². The van der Waals surface area contributed by atoms with E-state index in [-0.39, 0.29) is 5.69 Å². The molecule has 1 aliphatic carbocycles. The van der Waals surface area contributed by atoms with Crippen molar-refractivity contribution in [1.82, 2.24) is 9.78 Å². The zero-order valence-electron chi connectivity index (χ0n) is 14.6. The first-order valence-electron chi connectivity index (χ1n) is 8.77. The number of halogens is 4. The molecule has 0 atom stereocenters. The van der Waals surface area contributed by atoms with Crippen LogP contribution in [0, 0.1) is 23.3 Å². The average molecular weight is 389 g/mol. The Balaban J connectivity index is 1.72. The predicted molar refractivity (Wildman–Crippen MR) is 94.4 cm³/mol. The molecule has 0 bridgehead atoms. The Morgan fingerprint density at radius 2 is 1.64 bits per heavy atom. The molecule has 1 aromatic heterocycles. The van der Waals surface area contributed by atoms with Crippen molar-refractivity contribution in [3.63, 3.8) is 0 Å². The highest BCUT2D eigenvalue weighted by Crippen LogP contribution is 2.28. The maximum Gasteiger partial charge on any atom is 0.276 e. The lowest BCUT2D eigenvalue weighted by molar-refractivity contribution is 0.102. The van der Waals surface area contributed by atoms with Crippen LogP contribution in [0.3, 0.4) is 0 Å². The molecule has 1 aliphatic rings. The van der Waals surface area contributed by atoms with E-state index in [1.54, 1.807) is 16.8 Å². The van der Waals surface area contributed by atoms with Crippen molar-refractivity contribution in [2.24, 2.45) is 0 Å². The van der Waals surface area contributed by atoms with E-state index in [4.69, 9.17) is 0 Å². The van der Waals surface area contributed by atoms with E-state index in [0.717, 1.165) is 36.2 Å². The Bertz CT molecular complexity index is 1060. The van der Waals surface area contributed by atoms with E-state index >= 15 is 0 Å². The van der Waals surface area contributed by atoms with Gasteiger partial charge in [0, 0.05) is 11.3 Å². The minimum absolute atomic E-state index is 0.0863. The second-order valence-electron chi connectivity index (χ2n) is 6.55. The van der Waals surface area contributed by atoms with Crippen LogP contribution in [0.1, 0.15) is 34.6 Å². The smallest absolute Gasteiger partial charge is 0.276 e. The van der Waals surface area contributed by atoms with Crippen molar-refractivity contribution >= 4 is 11.6 Å². The Kier molecular flexibility index (Phi) is 4.62. The number of fused-ring (bicyclic) bond motifs is 1. The molecule has 0 saturated heterocycles. The first-order valence-corrected chi connectivity index (χ1v) is 8.77. The molecule has 28 heavy (non-hydrogen) atoms. The lowest BCUT2D eigenvalue weighted by atomic mass is 9.95. The Hall–Kier alpha value is -3.16. The molecule has 3 aromatic rings. The summed E-state index contributed by atoms with van der Waals surface area (Å²) < 4.78 is 55.2. The Labute approximate surface area is 157 Å². The monoisotopic (exact) mass is 389 g/mol. The minimum atomic E-state index is -1.66. The summed E-state index contributed by atoms with van der Waals surface area (Å²) in [5.74, 6) is -5.58. The van der Waals surface area contributed by atoms with Gasteiger partial charge in [0.05, 0.1) is 11.4 Å². The molecule has 0 fully saturated rings. The van der Waals surface area contributed by atoms with E-state index in [9.17, 15) is 22.4 Å². The Morgan fingerprint density at radius 3 is 2.39 bits per heavy atom. The van der Waals surface area contributed by atoms with Crippen molar-refractivity contribution in [3.8, 4) is 5.69 Å². The van der Waals surface area contributed by atoms with E-state index in [0.29, 0.717) is 18.5 Å². The number of amides is 1. The van der Waals surface area contributed by atoms with Crippen molar-refractivity contribution in [2.75, 3.05) is 5.32 Å². The molecule has 0 saturated carbocycles. The van der Waals surface area contributed by atoms with Crippen LogP contribution in [-0.2, 0) is 12.8 Å². The van der Waals surface area contributed by atoms with Gasteiger partial charge in [0.25, 0.3) is 5.91 Å². The second kappa shape index (κ2) is 7.10. The highest BCUT2D eigenvalue weighted by atomic mass is 19.2. The van der Waals surface area contributed by atoms with Crippen molar-refractivity contribution in [1.29, 1.82) is 0 Å². The molecular formula is C20H15F4N3O. The van der Waals surface area contributed by atoms with Gasteiger partial charge in [-0.05, 0) is 62.1 Å². The zero-order valence-corrected chi connectivity index (χ0v) is 14.6. The van der Waals surface area contributed by atoms with Gasteiger partial charge in [-0.3, -0.25) is 4.79 Å². The van der Waals surface area contributed by atoms with Gasteiger partial charge < -0.3 is 5.32 Å². The molecule has 1 N–H and O–H groups in total. The van der Waals surface area contributed by atoms with Gasteiger partial charge in [-0.1, -0.05) is 0 Å². The molecule has 0 radical (unpaired) electrons. The van der Waals surface area contributed by atoms with Gasteiger partial charge in [-0.15, -0.1) is 0 Å². The van der Waals surface area contributed by atoms with Crippen LogP contribution in [0.2, 0.25) is 0 Å². The number of anilines is 1. The fourth-order valence-electron chi connectivity index (χ4n) is 3.38. The topological polar surface area (TPSA) is 46.9 Å². The van der Waals surface area contributed by atoms with Crippen molar-refractivity contribution in [2.45, 2.75) is 25.7 Å². The van der Waals surface area contributed by atoms with Crippen LogP contribution in [0.5, 0.6) is 0 Å². The number of nitrogens with one attached hydrogen (secondary N) is 1. The number of hydrogen-bond donors (Lipinski definition) is 1. The first-order chi connectivity index (χ1) is 13.5. The quantitative estimate of drug-likeness (QED) is 0.527. The second-order valence-corrected chi connectivity index (χ2v) is 6.55. The molecule has 1 amide bonds. The van der Waals surface area contributed by atoms with E-state index in [1.807, 2.05) is 0 Å². The molecule has 4 nitrogen and oxygen atoms in total. The largest absolute Gasteiger partial charge is 0.318 e. The summed E-state index contributed by atoms with van der Waals surface area (Å²) in [5.41, 5.74) is 1.76. The molecule has 144 valence electrons. The standard InChI is InChI=1S/C20H15F4N3O/c21-11-5-7-12(8-6-11)27-16-4-2-1-3-13(16)19(26-27)20(28)25-15-10-9-14(22)17(23)18(15)24/h5-10H,1-4H2,(H,25,28). The summed E-state index contributed by atoms with van der Waals surface area (Å²) in [5, 5.41) is 6.61. The third-order valence-corrected chi connectivity index (χ3v) is 4.75. The van der Waals surface area contributed by atoms with Gasteiger partial charge in [0.15, 0.2) is 23.1 Å². The van der Waals surface area contributed by atoms with Crippen LogP contribution in [-0.4, -0.2) is 15.7 Å². The summed E-state index contributed by atoms with van der Waals surface area (Å²) in [6, 6.07) is 7.38. The predicted octanol–water partition coefficient (Wildman–Crippen LogP) is 4.56. The van der Waals surface area contributed by atoms with Crippen LogP contribution in [0.15, 0.2) is 36.4 Å². The fraction of sp³-hybridized carbons (Fsp3) is 0.200. The highest BCUT2D eigenvalue weighted by Gasteiger charge is 2.26. The number of carbonyl (C=O) groups excluding carboxylic acids is 1. The number of nitrogens with zero attached hydrogens (tertiary/aromatic N) is 2. The van der Waals surface area contributed by atoms with E-state index < -0.39 is 34.9 Å². The number of carbonyl (C=O) groups is 1. The summed E-state index contributed by atoms with van der Waals surface area (Å²) >= 11 is 0. The molecule has 0 aliphatic heterocycles. The van der Waals surface area contributed by atoms with Gasteiger partial charge in [-0.2, -0.15) is 5.10 Å². The maximum atomic E-state index is 13.9. The molecular weight excluding hydrogens is 374 g/mol. The number of benzene rings is 2. The van der Waals surface area contributed by atoms with Crippen LogP contribution in [0.25, 0.3) is 5.69 Å². The van der Waals surface area contributed by atoms with Crippen LogP contribution >= 0.6 is 0 Å². The van der Waals surface area contributed by atoms with Gasteiger partial charge >= 0.3 is 0 Å². The van der Waals surface area contributed by atoms with Gasteiger partial charge in [0.2, 0.25) is 0 Å². The normalized spacial score (nSPS) is 13.3. The zero-order chi connectivity index (χ0) is 19.8. The van der Waals surface area contributed by atoms with Crippen molar-refractivity contribution < 1.29 is 22.4 Å². The first kappa shape index (κ1) is 18.2. The number of aromatic nitrogens is 2. The third kappa shape index (κ3) is 3.15. The highest BCUT2D eigenvalue weighted by molar-refractivity contribution is 6.04. The average Bonchev–Trinajstić information content (AvgIpc) is 3.09. The lowest BCUT2D eigenvalue weighted by Gasteiger charge is -2.14. The molecule has 0 unspecified atom stereocenters. The summed E-state index contributed by atoms with van der Waals surface area (Å²) in [6.45, 7) is 0. The third-order valence-electron chi connectivity index (χ3n) is 4.75. The summed E-state index contributed by atoms with van der Waals surface area (Å²) in [7, 11) is 0. The molecule has 2 aromatic carbocycles. The summed E-state index contributed by atoms with van der Waals surface area (Å²) in [6.07, 6.45) is 3.08. The van der Waals surface area contributed by atoms with E-state index in [2.05, 4.69) is 10.4 Å². The molecule has 1 heterocycles. The number of rotatable bonds is 3. The van der Waals surface area contributed by atoms with E-state index in [1.165, 1.54) is 12.1 Å². The fourth-order valence-corrected chi connectivity index (χ4v) is 3.38.